The Morgan fingerprint density at radius 2 is 2.00 bits per heavy atom. The predicted octanol–water partition coefficient (Wildman–Crippen LogP) is 3.86. The number of imide groups is 1. The maximum Gasteiger partial charge on any atom is 0.339 e. The number of nitrogens with one attached hydrogen (secondary N) is 1. The van der Waals surface area contributed by atoms with Gasteiger partial charge in [0.2, 0.25) is 0 Å². The van der Waals surface area contributed by atoms with Crippen LogP contribution < -0.4 is 5.32 Å². The van der Waals surface area contributed by atoms with Crippen molar-refractivity contribution in [2.24, 2.45) is 0 Å². The molecule has 2 aromatic rings. The summed E-state index contributed by atoms with van der Waals surface area (Å²) in [5.74, 6) is -0.892. The number of rotatable bonds is 3. The molecule has 1 aliphatic heterocycles. The Hall–Kier alpha value is -2.51. The summed E-state index contributed by atoms with van der Waals surface area (Å²) in [5, 5.41) is 2.15. The molecule has 0 aliphatic carbocycles. The number of aromatic nitrogens is 1. The fourth-order valence-corrected chi connectivity index (χ4v) is 3.74. The molecule has 2 amide bonds. The third-order valence-corrected chi connectivity index (χ3v) is 5.14. The average molecular weight is 391 g/mol. The van der Waals surface area contributed by atoms with Crippen molar-refractivity contribution in [1.82, 2.24) is 9.88 Å². The number of thioether (sulfide) groups is 1. The Morgan fingerprint density at radius 1 is 1.27 bits per heavy atom. The van der Waals surface area contributed by atoms with Crippen LogP contribution in [0.4, 0.5) is 4.79 Å². The minimum absolute atomic E-state index is 0.290. The fraction of sp³-hybridized carbons (Fsp3) is 0.167. The molecule has 0 spiro atoms. The van der Waals surface area contributed by atoms with Gasteiger partial charge in [0.05, 0.1) is 22.6 Å². The maximum atomic E-state index is 11.7. The summed E-state index contributed by atoms with van der Waals surface area (Å²) in [4.78, 5) is 35.1. The van der Waals surface area contributed by atoms with E-state index in [9.17, 15) is 14.4 Å². The van der Waals surface area contributed by atoms with Gasteiger partial charge in [-0.2, -0.15) is 0 Å². The number of aryl methyl sites for hydroxylation is 1. The van der Waals surface area contributed by atoms with Crippen LogP contribution in [0.1, 0.15) is 27.3 Å². The Balaban J connectivity index is 2.03. The molecule has 1 fully saturated rings. The van der Waals surface area contributed by atoms with Gasteiger partial charge in [-0.05, 0) is 61.5 Å². The van der Waals surface area contributed by atoms with Gasteiger partial charge in [-0.25, -0.2) is 4.79 Å². The second-order valence-corrected chi connectivity index (χ2v) is 7.09. The number of carbonyl (C=O) groups excluding carboxylic acids is 3. The van der Waals surface area contributed by atoms with Gasteiger partial charge in [-0.15, -0.1) is 0 Å². The van der Waals surface area contributed by atoms with Crippen LogP contribution in [0, 0.1) is 13.8 Å². The van der Waals surface area contributed by atoms with Crippen molar-refractivity contribution in [3.05, 3.63) is 56.7 Å². The normalized spacial score (nSPS) is 15.5. The van der Waals surface area contributed by atoms with E-state index in [-0.39, 0.29) is 10.3 Å². The summed E-state index contributed by atoms with van der Waals surface area (Å²) in [6.45, 7) is 3.82. The van der Waals surface area contributed by atoms with Crippen molar-refractivity contribution in [3.63, 3.8) is 0 Å². The van der Waals surface area contributed by atoms with Gasteiger partial charge in [-0.3, -0.25) is 14.9 Å². The van der Waals surface area contributed by atoms with Crippen molar-refractivity contribution in [2.45, 2.75) is 13.8 Å². The number of halogens is 1. The Labute approximate surface area is 159 Å². The van der Waals surface area contributed by atoms with Crippen LogP contribution in [0.3, 0.4) is 0 Å². The van der Waals surface area contributed by atoms with E-state index in [1.165, 1.54) is 7.11 Å². The second-order valence-electron chi connectivity index (χ2n) is 5.67. The monoisotopic (exact) mass is 390 g/mol. The van der Waals surface area contributed by atoms with Crippen molar-refractivity contribution in [2.75, 3.05) is 7.11 Å². The number of hydrogen-bond acceptors (Lipinski definition) is 5. The number of esters is 1. The van der Waals surface area contributed by atoms with Gasteiger partial charge in [0.25, 0.3) is 11.1 Å². The van der Waals surface area contributed by atoms with E-state index in [0.717, 1.165) is 34.4 Å². The minimum Gasteiger partial charge on any atom is -0.465 e. The van der Waals surface area contributed by atoms with E-state index in [1.54, 1.807) is 24.3 Å². The molecule has 1 N–H and O–H groups in total. The molecule has 1 aromatic heterocycles. The topological polar surface area (TPSA) is 77.4 Å². The van der Waals surface area contributed by atoms with Crippen molar-refractivity contribution in [1.29, 1.82) is 0 Å². The molecule has 0 unspecified atom stereocenters. The van der Waals surface area contributed by atoms with E-state index in [4.69, 9.17) is 16.3 Å². The highest BCUT2D eigenvalue weighted by molar-refractivity contribution is 8.18. The lowest BCUT2D eigenvalue weighted by Gasteiger charge is -2.11. The number of ether oxygens (including phenoxy) is 1. The molecule has 1 aliphatic rings. The second kappa shape index (κ2) is 7.01. The fourth-order valence-electron chi connectivity index (χ4n) is 2.81. The van der Waals surface area contributed by atoms with Crippen LogP contribution in [0.15, 0.2) is 29.2 Å². The van der Waals surface area contributed by atoms with E-state index in [1.807, 2.05) is 24.5 Å². The van der Waals surface area contributed by atoms with E-state index >= 15 is 0 Å². The summed E-state index contributed by atoms with van der Waals surface area (Å²) in [5.41, 5.74) is 3.70. The van der Waals surface area contributed by atoms with Gasteiger partial charge in [-0.1, -0.05) is 11.6 Å². The molecule has 6 nitrogen and oxygen atoms in total. The highest BCUT2D eigenvalue weighted by Crippen LogP contribution is 2.30. The quantitative estimate of drug-likeness (QED) is 0.636. The summed E-state index contributed by atoms with van der Waals surface area (Å²) in [6, 6.07) is 6.99. The zero-order valence-electron chi connectivity index (χ0n) is 14.3. The predicted molar refractivity (Wildman–Crippen MR) is 101 cm³/mol. The van der Waals surface area contributed by atoms with Crippen LogP contribution in [0.5, 0.6) is 0 Å². The van der Waals surface area contributed by atoms with E-state index in [0.29, 0.717) is 10.5 Å². The van der Waals surface area contributed by atoms with Crippen LogP contribution in [0.25, 0.3) is 11.8 Å². The lowest BCUT2D eigenvalue weighted by Crippen LogP contribution is -2.17. The summed E-state index contributed by atoms with van der Waals surface area (Å²) >= 11 is 7.10. The van der Waals surface area contributed by atoms with Gasteiger partial charge in [0, 0.05) is 17.1 Å². The molecule has 8 heteroatoms. The molecular weight excluding hydrogens is 376 g/mol. The molecule has 3 rings (SSSR count). The molecule has 1 aromatic carbocycles. The first-order valence-electron chi connectivity index (χ1n) is 7.64. The first kappa shape index (κ1) is 18.3. The Kier molecular flexibility index (Phi) is 4.93. The maximum absolute atomic E-state index is 11.7. The number of hydrogen-bond donors (Lipinski definition) is 1. The highest BCUT2D eigenvalue weighted by Gasteiger charge is 2.25. The number of benzene rings is 1. The third-order valence-electron chi connectivity index (χ3n) is 4.02. The van der Waals surface area contributed by atoms with Crippen molar-refractivity contribution in [3.8, 4) is 5.69 Å². The van der Waals surface area contributed by atoms with Crippen LogP contribution >= 0.6 is 23.4 Å². The SMILES string of the molecule is COC(=O)c1ccc(-n2c(C)cc(/C=C3\SC(=O)NC3=O)c2C)cc1Cl. The number of carbonyl (C=O) groups is 3. The van der Waals surface area contributed by atoms with Gasteiger partial charge < -0.3 is 9.30 Å². The molecule has 26 heavy (non-hydrogen) atoms. The van der Waals surface area contributed by atoms with Crippen LogP contribution in [0.2, 0.25) is 5.02 Å². The third kappa shape index (κ3) is 3.27. The molecule has 0 saturated carbocycles. The Bertz CT molecular complexity index is 978. The molecule has 0 atom stereocenters. The molecule has 134 valence electrons. The molecular formula is C18H15ClN2O4S. The highest BCUT2D eigenvalue weighted by atomic mass is 35.5. The molecule has 0 radical (unpaired) electrons. The van der Waals surface area contributed by atoms with E-state index in [2.05, 4.69) is 5.32 Å². The van der Waals surface area contributed by atoms with Crippen LogP contribution in [-0.2, 0) is 9.53 Å². The number of amides is 2. The first-order chi connectivity index (χ1) is 12.3. The van der Waals surface area contributed by atoms with E-state index < -0.39 is 11.9 Å². The Morgan fingerprint density at radius 3 is 2.58 bits per heavy atom. The molecule has 1 saturated heterocycles. The van der Waals surface area contributed by atoms with Gasteiger partial charge >= 0.3 is 5.97 Å². The van der Waals surface area contributed by atoms with Crippen molar-refractivity contribution < 1.29 is 19.1 Å². The number of methoxy groups -OCH3 is 1. The standard InChI is InChI=1S/C18H15ClN2O4S/c1-9-6-11(7-15-16(22)20-18(24)26-15)10(2)21(9)12-4-5-13(14(19)8-12)17(23)25-3/h4-8H,1-3H3,(H,20,22,24)/b15-7-. The molecule has 2 heterocycles. The summed E-state index contributed by atoms with van der Waals surface area (Å²) < 4.78 is 6.66. The van der Waals surface area contributed by atoms with Gasteiger partial charge in [0.1, 0.15) is 0 Å². The summed E-state index contributed by atoms with van der Waals surface area (Å²) in [6.07, 6.45) is 1.69. The van der Waals surface area contributed by atoms with Crippen molar-refractivity contribution >= 4 is 46.6 Å². The first-order valence-corrected chi connectivity index (χ1v) is 8.83. The van der Waals surface area contributed by atoms with Gasteiger partial charge in [0.15, 0.2) is 0 Å². The smallest absolute Gasteiger partial charge is 0.339 e. The zero-order chi connectivity index (χ0) is 19.0. The minimum atomic E-state index is -0.498. The summed E-state index contributed by atoms with van der Waals surface area (Å²) in [7, 11) is 1.30. The largest absolute Gasteiger partial charge is 0.465 e. The number of nitrogens with zero attached hydrogens (tertiary/aromatic N) is 1. The van der Waals surface area contributed by atoms with Crippen LogP contribution in [-0.4, -0.2) is 28.8 Å². The lowest BCUT2D eigenvalue weighted by molar-refractivity contribution is -0.115. The average Bonchev–Trinajstić information content (AvgIpc) is 3.05. The molecule has 0 bridgehead atoms. The zero-order valence-corrected chi connectivity index (χ0v) is 15.8. The lowest BCUT2D eigenvalue weighted by atomic mass is 10.2.